The van der Waals surface area contributed by atoms with Crippen LogP contribution in [0.5, 0.6) is 0 Å². The van der Waals surface area contributed by atoms with Gasteiger partial charge in [0.05, 0.1) is 24.5 Å². The molecule has 3 N–H and O–H groups in total. The maximum Gasteiger partial charge on any atom is 0.305 e. The Kier molecular flexibility index (Phi) is 2.64. The van der Waals surface area contributed by atoms with E-state index in [-0.39, 0.29) is 12.3 Å². The van der Waals surface area contributed by atoms with E-state index in [1.807, 2.05) is 0 Å². The van der Waals surface area contributed by atoms with E-state index in [9.17, 15) is 9.59 Å². The number of nitrogens with zero attached hydrogens (tertiary/aromatic N) is 1. The van der Waals surface area contributed by atoms with E-state index < -0.39 is 11.5 Å². The highest BCUT2D eigenvalue weighted by molar-refractivity contribution is 5.93. The van der Waals surface area contributed by atoms with Crippen molar-refractivity contribution in [2.45, 2.75) is 31.2 Å². The van der Waals surface area contributed by atoms with Gasteiger partial charge in [-0.3, -0.25) is 9.59 Å². The number of hydrogen-bond donors (Lipinski definition) is 3. The fraction of sp³-hybridized carbons (Fsp3) is 0.500. The highest BCUT2D eigenvalue weighted by atomic mass is 16.4. The number of carboxylic acid groups (broad SMARTS) is 1. The van der Waals surface area contributed by atoms with E-state index in [2.05, 4.69) is 15.3 Å². The van der Waals surface area contributed by atoms with E-state index in [4.69, 9.17) is 5.11 Å². The van der Waals surface area contributed by atoms with E-state index in [0.717, 1.165) is 19.3 Å². The fourth-order valence-corrected chi connectivity index (χ4v) is 1.93. The highest BCUT2D eigenvalue weighted by Crippen LogP contribution is 2.35. The summed E-state index contributed by atoms with van der Waals surface area (Å²) in [6.07, 6.45) is 5.21. The van der Waals surface area contributed by atoms with Crippen LogP contribution >= 0.6 is 0 Å². The number of imidazole rings is 1. The summed E-state index contributed by atoms with van der Waals surface area (Å²) in [4.78, 5) is 28.9. The van der Waals surface area contributed by atoms with Gasteiger partial charge in [0.2, 0.25) is 0 Å². The van der Waals surface area contributed by atoms with Gasteiger partial charge in [-0.15, -0.1) is 0 Å². The van der Waals surface area contributed by atoms with Crippen LogP contribution in [0.1, 0.15) is 36.2 Å². The molecule has 1 aromatic heterocycles. The predicted octanol–water partition coefficient (Wildman–Crippen LogP) is 0.537. The largest absolute Gasteiger partial charge is 0.481 e. The summed E-state index contributed by atoms with van der Waals surface area (Å²) < 4.78 is 0. The topological polar surface area (TPSA) is 95.1 Å². The van der Waals surface area contributed by atoms with E-state index >= 15 is 0 Å². The SMILES string of the molecule is O=C(O)CC1(NC(=O)c2cnc[nH]2)CCC1. The Morgan fingerprint density at radius 3 is 2.75 bits per heavy atom. The van der Waals surface area contributed by atoms with Crippen molar-refractivity contribution in [3.8, 4) is 0 Å². The number of aromatic nitrogens is 2. The quantitative estimate of drug-likeness (QED) is 0.694. The molecule has 0 unspecified atom stereocenters. The fourth-order valence-electron chi connectivity index (χ4n) is 1.93. The third kappa shape index (κ3) is 2.05. The molecule has 1 aliphatic carbocycles. The minimum atomic E-state index is -0.885. The molecule has 6 nitrogen and oxygen atoms in total. The van der Waals surface area contributed by atoms with E-state index in [1.165, 1.54) is 12.5 Å². The van der Waals surface area contributed by atoms with Gasteiger partial charge in [0.15, 0.2) is 0 Å². The summed E-state index contributed by atoms with van der Waals surface area (Å²) >= 11 is 0. The molecule has 0 bridgehead atoms. The maximum absolute atomic E-state index is 11.7. The Labute approximate surface area is 92.1 Å². The molecule has 1 saturated carbocycles. The summed E-state index contributed by atoms with van der Waals surface area (Å²) in [5.74, 6) is -1.18. The monoisotopic (exact) mass is 223 g/mol. The lowest BCUT2D eigenvalue weighted by Crippen LogP contribution is -2.54. The van der Waals surface area contributed by atoms with Crippen LogP contribution in [0.4, 0.5) is 0 Å². The van der Waals surface area contributed by atoms with Crippen molar-refractivity contribution in [3.05, 3.63) is 18.2 Å². The van der Waals surface area contributed by atoms with Crippen LogP contribution in [-0.4, -0.2) is 32.5 Å². The summed E-state index contributed by atoms with van der Waals surface area (Å²) in [7, 11) is 0. The molecule has 2 rings (SSSR count). The van der Waals surface area contributed by atoms with E-state index in [1.54, 1.807) is 0 Å². The van der Waals surface area contributed by atoms with Crippen LogP contribution in [-0.2, 0) is 4.79 Å². The third-order valence-corrected chi connectivity index (χ3v) is 2.92. The summed E-state index contributed by atoms with van der Waals surface area (Å²) in [5, 5.41) is 11.6. The normalized spacial score (nSPS) is 17.5. The van der Waals surface area contributed by atoms with Crippen molar-refractivity contribution in [2.24, 2.45) is 0 Å². The van der Waals surface area contributed by atoms with Crippen molar-refractivity contribution in [3.63, 3.8) is 0 Å². The smallest absolute Gasteiger partial charge is 0.305 e. The Balaban J connectivity index is 2.02. The van der Waals surface area contributed by atoms with Gasteiger partial charge in [-0.2, -0.15) is 0 Å². The summed E-state index contributed by atoms with van der Waals surface area (Å²) in [5.41, 5.74) is -0.203. The van der Waals surface area contributed by atoms with Crippen LogP contribution in [0.3, 0.4) is 0 Å². The highest BCUT2D eigenvalue weighted by Gasteiger charge is 2.40. The maximum atomic E-state index is 11.7. The van der Waals surface area contributed by atoms with Crippen LogP contribution in [0.2, 0.25) is 0 Å². The first-order valence-electron chi connectivity index (χ1n) is 5.14. The number of H-pyrrole nitrogens is 1. The van der Waals surface area contributed by atoms with Crippen LogP contribution in [0.15, 0.2) is 12.5 Å². The number of carbonyl (C=O) groups excluding carboxylic acids is 1. The Hall–Kier alpha value is -1.85. The second-order valence-corrected chi connectivity index (χ2v) is 4.12. The standard InChI is InChI=1S/C10H13N3O3/c14-8(15)4-10(2-1-3-10)13-9(16)7-5-11-6-12-7/h5-6H,1-4H2,(H,11,12)(H,13,16)(H,14,15). The molecule has 1 heterocycles. The van der Waals surface area contributed by atoms with Gasteiger partial charge in [-0.1, -0.05) is 0 Å². The van der Waals surface area contributed by atoms with Crippen LogP contribution < -0.4 is 5.32 Å². The number of carboxylic acids is 1. The summed E-state index contributed by atoms with van der Waals surface area (Å²) in [6.45, 7) is 0. The first-order valence-corrected chi connectivity index (χ1v) is 5.14. The summed E-state index contributed by atoms with van der Waals surface area (Å²) in [6, 6.07) is 0. The molecular weight excluding hydrogens is 210 g/mol. The number of carbonyl (C=O) groups is 2. The average molecular weight is 223 g/mol. The number of rotatable bonds is 4. The second-order valence-electron chi connectivity index (χ2n) is 4.12. The first kappa shape index (κ1) is 10.7. The molecule has 0 spiro atoms. The molecule has 1 aliphatic rings. The molecule has 1 amide bonds. The zero-order valence-electron chi connectivity index (χ0n) is 8.69. The van der Waals surface area contributed by atoms with Gasteiger partial charge < -0.3 is 15.4 Å². The molecular formula is C10H13N3O3. The number of amides is 1. The van der Waals surface area contributed by atoms with Crippen molar-refractivity contribution < 1.29 is 14.7 Å². The molecule has 0 aliphatic heterocycles. The average Bonchev–Trinajstić information content (AvgIpc) is 2.66. The molecule has 0 saturated heterocycles. The van der Waals surface area contributed by atoms with Gasteiger partial charge in [-0.05, 0) is 19.3 Å². The molecule has 0 atom stereocenters. The Morgan fingerprint density at radius 2 is 2.31 bits per heavy atom. The zero-order chi connectivity index (χ0) is 11.6. The first-order chi connectivity index (χ1) is 7.61. The van der Waals surface area contributed by atoms with Crippen LogP contribution in [0.25, 0.3) is 0 Å². The molecule has 6 heteroatoms. The minimum absolute atomic E-state index is 0.0210. The van der Waals surface area contributed by atoms with Gasteiger partial charge in [-0.25, -0.2) is 4.98 Å². The van der Waals surface area contributed by atoms with Crippen molar-refractivity contribution in [1.29, 1.82) is 0 Å². The van der Waals surface area contributed by atoms with Crippen molar-refractivity contribution >= 4 is 11.9 Å². The lowest BCUT2D eigenvalue weighted by molar-refractivity contribution is -0.139. The minimum Gasteiger partial charge on any atom is -0.481 e. The molecule has 86 valence electrons. The number of nitrogens with one attached hydrogen (secondary N) is 2. The lowest BCUT2D eigenvalue weighted by atomic mass is 9.74. The Morgan fingerprint density at radius 1 is 1.56 bits per heavy atom. The predicted molar refractivity (Wildman–Crippen MR) is 54.9 cm³/mol. The molecule has 1 aromatic rings. The Bertz CT molecular complexity index is 395. The second kappa shape index (κ2) is 3.96. The van der Waals surface area contributed by atoms with Gasteiger partial charge in [0, 0.05) is 0 Å². The number of hydrogen-bond acceptors (Lipinski definition) is 3. The van der Waals surface area contributed by atoms with Crippen molar-refractivity contribution in [2.75, 3.05) is 0 Å². The molecule has 0 aromatic carbocycles. The number of aromatic amines is 1. The molecule has 1 fully saturated rings. The lowest BCUT2D eigenvalue weighted by Gasteiger charge is -2.41. The number of aliphatic carboxylic acids is 1. The van der Waals surface area contributed by atoms with Gasteiger partial charge in [0.1, 0.15) is 5.69 Å². The zero-order valence-corrected chi connectivity index (χ0v) is 8.69. The van der Waals surface area contributed by atoms with E-state index in [0.29, 0.717) is 5.69 Å². The van der Waals surface area contributed by atoms with Crippen LogP contribution in [0, 0.1) is 0 Å². The molecule has 0 radical (unpaired) electrons. The molecule has 16 heavy (non-hydrogen) atoms. The van der Waals surface area contributed by atoms with Gasteiger partial charge in [0.25, 0.3) is 5.91 Å². The van der Waals surface area contributed by atoms with Gasteiger partial charge >= 0.3 is 5.97 Å². The van der Waals surface area contributed by atoms with Crippen molar-refractivity contribution in [1.82, 2.24) is 15.3 Å². The third-order valence-electron chi connectivity index (χ3n) is 2.92.